The number of benzene rings is 2. The van der Waals surface area contributed by atoms with Gasteiger partial charge in [0.25, 0.3) is 5.69 Å². The molecule has 0 N–H and O–H groups in total. The number of rotatable bonds is 4. The number of aryl methyl sites for hydroxylation is 1. The fourth-order valence-corrected chi connectivity index (χ4v) is 2.83. The third kappa shape index (κ3) is 3.49. The van der Waals surface area contributed by atoms with Crippen molar-refractivity contribution in [2.45, 2.75) is 17.6 Å². The van der Waals surface area contributed by atoms with Crippen molar-refractivity contribution in [3.63, 3.8) is 0 Å². The van der Waals surface area contributed by atoms with Crippen molar-refractivity contribution >= 4 is 29.1 Å². The Morgan fingerprint density at radius 3 is 2.68 bits per heavy atom. The van der Waals surface area contributed by atoms with Gasteiger partial charge in [-0.25, -0.2) is 0 Å². The number of nitro groups is 1. The van der Waals surface area contributed by atoms with Crippen molar-refractivity contribution in [1.29, 1.82) is 0 Å². The largest absolute Gasteiger partial charge is 0.288 e. The highest BCUT2D eigenvalue weighted by Gasteiger charge is 2.12. The third-order valence-corrected chi connectivity index (χ3v) is 4.26. The topological polar surface area (TPSA) is 43.1 Å². The highest BCUT2D eigenvalue weighted by atomic mass is 35.5. The second-order valence-corrected chi connectivity index (χ2v) is 5.52. The van der Waals surface area contributed by atoms with Gasteiger partial charge in [-0.1, -0.05) is 35.9 Å². The predicted octanol–water partition coefficient (Wildman–Crippen LogP) is 4.85. The van der Waals surface area contributed by atoms with E-state index in [9.17, 15) is 10.1 Å². The quantitative estimate of drug-likeness (QED) is 0.460. The Morgan fingerprint density at radius 1 is 1.26 bits per heavy atom. The average Bonchev–Trinajstić information content (AvgIpc) is 2.39. The lowest BCUT2D eigenvalue weighted by atomic mass is 10.2. The summed E-state index contributed by atoms with van der Waals surface area (Å²) in [5.41, 5.74) is 2.06. The molecule has 3 nitrogen and oxygen atoms in total. The molecule has 0 fully saturated rings. The lowest BCUT2D eigenvalue weighted by Crippen LogP contribution is -1.91. The SMILES string of the molecule is Cc1ccccc1SCc1ccc(Cl)c([N+](=O)[O-])c1. The molecule has 0 heterocycles. The zero-order chi connectivity index (χ0) is 13.8. The van der Waals surface area contributed by atoms with Crippen molar-refractivity contribution in [1.82, 2.24) is 0 Å². The van der Waals surface area contributed by atoms with Crippen LogP contribution in [-0.2, 0) is 5.75 Å². The lowest BCUT2D eigenvalue weighted by molar-refractivity contribution is -0.384. The number of nitro benzene ring substituents is 1. The molecule has 0 aliphatic carbocycles. The van der Waals surface area contributed by atoms with Crippen LogP contribution in [0.5, 0.6) is 0 Å². The molecule has 0 saturated heterocycles. The van der Waals surface area contributed by atoms with Gasteiger partial charge >= 0.3 is 0 Å². The van der Waals surface area contributed by atoms with Crippen LogP contribution in [-0.4, -0.2) is 4.92 Å². The Bertz CT molecular complexity index is 616. The molecule has 2 aromatic rings. The fourth-order valence-electron chi connectivity index (χ4n) is 1.67. The maximum absolute atomic E-state index is 10.8. The second kappa shape index (κ2) is 6.08. The molecule has 0 saturated carbocycles. The van der Waals surface area contributed by atoms with E-state index < -0.39 is 4.92 Å². The molecule has 5 heteroatoms. The molecule has 0 aromatic heterocycles. The van der Waals surface area contributed by atoms with Crippen LogP contribution >= 0.6 is 23.4 Å². The Hall–Kier alpha value is -1.52. The first kappa shape index (κ1) is 13.9. The van der Waals surface area contributed by atoms with Crippen molar-refractivity contribution < 1.29 is 4.92 Å². The Morgan fingerprint density at radius 2 is 2.00 bits per heavy atom. The molecule has 0 atom stereocenters. The fraction of sp³-hybridized carbons (Fsp3) is 0.143. The van der Waals surface area contributed by atoms with Gasteiger partial charge in [-0.05, 0) is 30.2 Å². The van der Waals surface area contributed by atoms with Crippen molar-refractivity contribution in [3.8, 4) is 0 Å². The molecular weight excluding hydrogens is 282 g/mol. The number of hydrogen-bond donors (Lipinski definition) is 0. The molecule has 0 radical (unpaired) electrons. The standard InChI is InChI=1S/C14H12ClNO2S/c1-10-4-2-3-5-14(10)19-9-11-6-7-12(15)13(8-11)16(17)18/h2-8H,9H2,1H3. The summed E-state index contributed by atoms with van der Waals surface area (Å²) in [7, 11) is 0. The summed E-state index contributed by atoms with van der Waals surface area (Å²) in [5, 5.41) is 11.0. The summed E-state index contributed by atoms with van der Waals surface area (Å²) in [4.78, 5) is 11.5. The van der Waals surface area contributed by atoms with Crippen molar-refractivity contribution in [2.75, 3.05) is 0 Å². The predicted molar refractivity (Wildman–Crippen MR) is 78.8 cm³/mol. The summed E-state index contributed by atoms with van der Waals surface area (Å²) in [6.07, 6.45) is 0. The van der Waals surface area contributed by atoms with E-state index in [2.05, 4.69) is 0 Å². The summed E-state index contributed by atoms with van der Waals surface area (Å²) >= 11 is 7.45. The number of thioether (sulfide) groups is 1. The molecule has 0 aliphatic rings. The van der Waals surface area contributed by atoms with Gasteiger partial charge < -0.3 is 0 Å². The lowest BCUT2D eigenvalue weighted by Gasteiger charge is -2.05. The average molecular weight is 294 g/mol. The maximum atomic E-state index is 10.8. The molecule has 2 aromatic carbocycles. The van der Waals surface area contributed by atoms with Gasteiger partial charge in [0.2, 0.25) is 0 Å². The first-order valence-corrected chi connectivity index (χ1v) is 7.05. The molecule has 19 heavy (non-hydrogen) atoms. The molecule has 0 aliphatic heterocycles. The highest BCUT2D eigenvalue weighted by Crippen LogP contribution is 2.30. The number of halogens is 1. The van der Waals surface area contributed by atoms with Crippen LogP contribution in [0.15, 0.2) is 47.4 Å². The normalized spacial score (nSPS) is 10.4. The minimum absolute atomic E-state index is 0.0375. The van der Waals surface area contributed by atoms with Crippen LogP contribution in [0.25, 0.3) is 0 Å². The monoisotopic (exact) mass is 293 g/mol. The zero-order valence-electron chi connectivity index (χ0n) is 10.3. The molecule has 0 bridgehead atoms. The maximum Gasteiger partial charge on any atom is 0.288 e. The van der Waals surface area contributed by atoms with E-state index in [1.165, 1.54) is 16.5 Å². The molecule has 2 rings (SSSR count). The number of nitrogens with zero attached hydrogens (tertiary/aromatic N) is 1. The van der Waals surface area contributed by atoms with Crippen LogP contribution in [0.4, 0.5) is 5.69 Å². The first-order valence-electron chi connectivity index (χ1n) is 5.69. The second-order valence-electron chi connectivity index (χ2n) is 4.10. The van der Waals surface area contributed by atoms with Crippen LogP contribution in [0.1, 0.15) is 11.1 Å². The van der Waals surface area contributed by atoms with Crippen molar-refractivity contribution in [2.24, 2.45) is 0 Å². The van der Waals surface area contributed by atoms with Gasteiger partial charge in [0, 0.05) is 16.7 Å². The van der Waals surface area contributed by atoms with E-state index in [-0.39, 0.29) is 10.7 Å². The van der Waals surface area contributed by atoms with Gasteiger partial charge in [-0.3, -0.25) is 10.1 Å². The Kier molecular flexibility index (Phi) is 4.45. The summed E-state index contributed by atoms with van der Waals surface area (Å²) in [6, 6.07) is 13.0. The van der Waals surface area contributed by atoms with E-state index in [4.69, 9.17) is 11.6 Å². The van der Waals surface area contributed by atoms with Gasteiger partial charge in [0.15, 0.2) is 0 Å². The Balaban J connectivity index is 2.14. The van der Waals surface area contributed by atoms with Gasteiger partial charge in [0.05, 0.1) is 4.92 Å². The van der Waals surface area contributed by atoms with E-state index in [1.807, 2.05) is 37.3 Å². The molecule has 0 amide bonds. The number of hydrogen-bond acceptors (Lipinski definition) is 3. The van der Waals surface area contributed by atoms with Crippen LogP contribution in [0.2, 0.25) is 5.02 Å². The summed E-state index contributed by atoms with van der Waals surface area (Å²) in [6.45, 7) is 2.05. The van der Waals surface area contributed by atoms with E-state index in [0.717, 1.165) is 5.56 Å². The minimum Gasteiger partial charge on any atom is -0.258 e. The molecule has 98 valence electrons. The zero-order valence-corrected chi connectivity index (χ0v) is 11.9. The Labute approximate surface area is 120 Å². The van der Waals surface area contributed by atoms with Crippen LogP contribution in [0.3, 0.4) is 0 Å². The van der Waals surface area contributed by atoms with Crippen molar-refractivity contribution in [3.05, 3.63) is 68.7 Å². The van der Waals surface area contributed by atoms with E-state index in [0.29, 0.717) is 5.75 Å². The third-order valence-electron chi connectivity index (χ3n) is 2.70. The van der Waals surface area contributed by atoms with Crippen LogP contribution < -0.4 is 0 Å². The van der Waals surface area contributed by atoms with Crippen LogP contribution in [0, 0.1) is 17.0 Å². The molecular formula is C14H12ClNO2S. The molecule has 0 unspecified atom stereocenters. The first-order chi connectivity index (χ1) is 9.08. The van der Waals surface area contributed by atoms with E-state index >= 15 is 0 Å². The highest BCUT2D eigenvalue weighted by molar-refractivity contribution is 7.98. The summed E-state index contributed by atoms with van der Waals surface area (Å²) in [5.74, 6) is 0.683. The van der Waals surface area contributed by atoms with Gasteiger partial charge in [0.1, 0.15) is 5.02 Å². The minimum atomic E-state index is -0.454. The van der Waals surface area contributed by atoms with Gasteiger partial charge in [-0.2, -0.15) is 0 Å². The summed E-state index contributed by atoms with van der Waals surface area (Å²) < 4.78 is 0. The molecule has 0 spiro atoms. The van der Waals surface area contributed by atoms with Gasteiger partial charge in [-0.15, -0.1) is 11.8 Å². The van der Waals surface area contributed by atoms with E-state index in [1.54, 1.807) is 17.8 Å². The smallest absolute Gasteiger partial charge is 0.258 e.